The van der Waals surface area contributed by atoms with Gasteiger partial charge in [0.25, 0.3) is 0 Å². The molecule has 0 radical (unpaired) electrons. The highest BCUT2D eigenvalue weighted by Gasteiger charge is 2.38. The topological polar surface area (TPSA) is 85.7 Å². The van der Waals surface area contributed by atoms with E-state index in [1.165, 1.54) is 11.8 Å². The fourth-order valence-electron chi connectivity index (χ4n) is 5.07. The maximum Gasteiger partial charge on any atom is 0.240 e. The molecular weight excluding hydrogens is 536 g/mol. The summed E-state index contributed by atoms with van der Waals surface area (Å²) in [6.45, 7) is 2.91. The average molecular weight is 571 g/mol. The summed E-state index contributed by atoms with van der Waals surface area (Å²) in [7, 11) is 3.29. The van der Waals surface area contributed by atoms with Gasteiger partial charge in [0.05, 0.1) is 29.5 Å². The van der Waals surface area contributed by atoms with Crippen LogP contribution in [-0.4, -0.2) is 61.3 Å². The molecule has 0 spiro atoms. The van der Waals surface area contributed by atoms with Crippen LogP contribution in [0.1, 0.15) is 28.4 Å². The molecule has 0 fully saturated rings. The predicted octanol–water partition coefficient (Wildman–Crippen LogP) is 5.18. The molecule has 4 aromatic rings. The molecule has 2 amide bonds. The monoisotopic (exact) mass is 570 g/mol. The summed E-state index contributed by atoms with van der Waals surface area (Å²) in [6.07, 6.45) is 0.687. The van der Waals surface area contributed by atoms with Gasteiger partial charge in [-0.1, -0.05) is 66.7 Å². The van der Waals surface area contributed by atoms with Crippen LogP contribution in [0, 0.1) is 6.92 Å². The number of nitrogens with zero attached hydrogens (tertiary/aromatic N) is 3. The molecule has 1 unspecified atom stereocenters. The molecule has 8 nitrogen and oxygen atoms in total. The lowest BCUT2D eigenvalue weighted by atomic mass is 9.99. The van der Waals surface area contributed by atoms with Gasteiger partial charge in [0.15, 0.2) is 0 Å². The van der Waals surface area contributed by atoms with E-state index in [4.69, 9.17) is 14.6 Å². The second-order valence-electron chi connectivity index (χ2n) is 9.76. The third-order valence-electron chi connectivity index (χ3n) is 7.05. The van der Waals surface area contributed by atoms with Crippen LogP contribution in [0.4, 0.5) is 5.82 Å². The largest absolute Gasteiger partial charge is 0.496 e. The normalized spacial score (nSPS) is 14.9. The lowest BCUT2D eigenvalue weighted by Gasteiger charge is -2.24. The van der Waals surface area contributed by atoms with E-state index in [1.54, 1.807) is 19.1 Å². The van der Waals surface area contributed by atoms with E-state index in [0.717, 1.165) is 39.4 Å². The Labute approximate surface area is 244 Å². The zero-order valence-corrected chi connectivity index (χ0v) is 24.3. The van der Waals surface area contributed by atoms with E-state index in [9.17, 15) is 9.59 Å². The van der Waals surface area contributed by atoms with Crippen molar-refractivity contribution in [1.82, 2.24) is 15.1 Å². The molecule has 0 saturated heterocycles. The maximum atomic E-state index is 13.9. The average Bonchev–Trinajstić information content (AvgIpc) is 3.32. The Morgan fingerprint density at radius 3 is 2.51 bits per heavy atom. The van der Waals surface area contributed by atoms with Crippen LogP contribution in [0.25, 0.3) is 16.9 Å². The smallest absolute Gasteiger partial charge is 0.240 e. The third kappa shape index (κ3) is 6.01. The van der Waals surface area contributed by atoms with Gasteiger partial charge in [0.1, 0.15) is 18.1 Å². The molecule has 1 N–H and O–H groups in total. The van der Waals surface area contributed by atoms with Crippen molar-refractivity contribution in [2.45, 2.75) is 18.6 Å². The molecule has 41 heavy (non-hydrogen) atoms. The summed E-state index contributed by atoms with van der Waals surface area (Å²) in [6, 6.07) is 25.8. The fraction of sp³-hybridized carbons (Fsp3) is 0.281. The van der Waals surface area contributed by atoms with E-state index < -0.39 is 0 Å². The van der Waals surface area contributed by atoms with Crippen molar-refractivity contribution >= 4 is 29.4 Å². The fourth-order valence-corrected chi connectivity index (χ4v) is 6.29. The maximum absolute atomic E-state index is 13.9. The molecule has 0 saturated carbocycles. The van der Waals surface area contributed by atoms with E-state index in [-0.39, 0.29) is 29.4 Å². The van der Waals surface area contributed by atoms with Crippen LogP contribution in [0.15, 0.2) is 78.9 Å². The number of aryl methyl sites for hydroxylation is 1. The number of carbonyl (C=O) groups excluding carboxylic acids is 2. The Kier molecular flexibility index (Phi) is 9.06. The standard InChI is InChI=1S/C32H34N4O4S/c1-22-12-7-9-16-25(22)36-32-29(30(34-36)23-13-5-4-6-14-23)31(24-15-8-10-17-26(24)40-3)41-21-28(38)35(32)20-27(37)33-18-11-19-39-2/h4-10,12-17,31H,11,18-21H2,1-3H3,(H,33,37). The first-order valence-electron chi connectivity index (χ1n) is 13.6. The number of para-hydroxylation sites is 2. The number of rotatable bonds is 10. The zero-order valence-electron chi connectivity index (χ0n) is 23.5. The predicted molar refractivity (Wildman–Crippen MR) is 163 cm³/mol. The minimum atomic E-state index is -0.271. The van der Waals surface area contributed by atoms with Crippen molar-refractivity contribution in [3.8, 4) is 22.7 Å². The number of thioether (sulfide) groups is 1. The number of ether oxygens (including phenoxy) is 2. The first-order valence-corrected chi connectivity index (χ1v) is 14.6. The summed E-state index contributed by atoms with van der Waals surface area (Å²) < 4.78 is 12.7. The Bertz CT molecular complexity index is 1520. The molecule has 212 valence electrons. The Balaban J connectivity index is 1.74. The first-order chi connectivity index (χ1) is 20.0. The lowest BCUT2D eigenvalue weighted by Crippen LogP contribution is -2.42. The van der Waals surface area contributed by atoms with Crippen molar-refractivity contribution in [1.29, 1.82) is 0 Å². The number of hydrogen-bond donors (Lipinski definition) is 1. The molecule has 0 bridgehead atoms. The van der Waals surface area contributed by atoms with E-state index in [2.05, 4.69) is 5.32 Å². The molecule has 3 aromatic carbocycles. The third-order valence-corrected chi connectivity index (χ3v) is 8.29. The number of amides is 2. The highest BCUT2D eigenvalue weighted by Crippen LogP contribution is 2.50. The molecule has 5 rings (SSSR count). The Morgan fingerprint density at radius 2 is 1.76 bits per heavy atom. The quantitative estimate of drug-likeness (QED) is 0.265. The van der Waals surface area contributed by atoms with Gasteiger partial charge < -0.3 is 14.8 Å². The molecule has 9 heteroatoms. The molecule has 2 heterocycles. The second kappa shape index (κ2) is 13.1. The van der Waals surface area contributed by atoms with Crippen molar-refractivity contribution in [2.75, 3.05) is 44.6 Å². The number of fused-ring (bicyclic) bond motifs is 1. The highest BCUT2D eigenvalue weighted by atomic mass is 32.2. The van der Waals surface area contributed by atoms with E-state index >= 15 is 0 Å². The molecule has 1 aliphatic heterocycles. The van der Waals surface area contributed by atoms with E-state index in [0.29, 0.717) is 25.4 Å². The molecule has 1 atom stereocenters. The van der Waals surface area contributed by atoms with Crippen LogP contribution in [-0.2, 0) is 14.3 Å². The number of methoxy groups -OCH3 is 2. The minimum absolute atomic E-state index is 0.121. The number of nitrogens with one attached hydrogen (secondary N) is 1. The summed E-state index contributed by atoms with van der Waals surface area (Å²) in [5, 5.41) is 7.83. The Hall–Kier alpha value is -4.08. The molecular formula is C32H34N4O4S. The Morgan fingerprint density at radius 1 is 1.02 bits per heavy atom. The van der Waals surface area contributed by atoms with Crippen molar-refractivity contribution in [3.05, 3.63) is 95.6 Å². The van der Waals surface area contributed by atoms with Crippen molar-refractivity contribution < 1.29 is 19.1 Å². The number of hydrogen-bond acceptors (Lipinski definition) is 6. The van der Waals surface area contributed by atoms with Crippen LogP contribution < -0.4 is 15.0 Å². The van der Waals surface area contributed by atoms with Gasteiger partial charge >= 0.3 is 0 Å². The highest BCUT2D eigenvalue weighted by molar-refractivity contribution is 8.00. The van der Waals surface area contributed by atoms with Gasteiger partial charge in [-0.3, -0.25) is 14.5 Å². The van der Waals surface area contributed by atoms with Crippen LogP contribution in [0.2, 0.25) is 0 Å². The zero-order chi connectivity index (χ0) is 28.8. The lowest BCUT2D eigenvalue weighted by molar-refractivity contribution is -0.122. The van der Waals surface area contributed by atoms with Crippen LogP contribution in [0.3, 0.4) is 0 Å². The van der Waals surface area contributed by atoms with Crippen molar-refractivity contribution in [2.24, 2.45) is 0 Å². The van der Waals surface area contributed by atoms with Gasteiger partial charge in [-0.15, -0.1) is 11.8 Å². The minimum Gasteiger partial charge on any atom is -0.496 e. The molecule has 0 aliphatic carbocycles. The summed E-state index contributed by atoms with van der Waals surface area (Å²) >= 11 is 1.52. The molecule has 1 aliphatic rings. The first kappa shape index (κ1) is 28.4. The summed E-state index contributed by atoms with van der Waals surface area (Å²) in [4.78, 5) is 28.6. The van der Waals surface area contributed by atoms with Crippen LogP contribution in [0.5, 0.6) is 5.75 Å². The SMILES string of the molecule is COCCCNC(=O)CN1C(=O)CSC(c2ccccc2OC)c2c(-c3ccccc3)nn(-c3ccccc3C)c21. The summed E-state index contributed by atoms with van der Waals surface area (Å²) in [5.41, 5.74) is 5.34. The molecule has 1 aromatic heterocycles. The van der Waals surface area contributed by atoms with Crippen LogP contribution >= 0.6 is 11.8 Å². The van der Waals surface area contributed by atoms with Gasteiger partial charge in [0, 0.05) is 37.0 Å². The number of carbonyl (C=O) groups is 2. The van der Waals surface area contributed by atoms with Gasteiger partial charge in [-0.05, 0) is 31.0 Å². The van der Waals surface area contributed by atoms with E-state index in [1.807, 2.05) is 90.5 Å². The van der Waals surface area contributed by atoms with Crippen molar-refractivity contribution in [3.63, 3.8) is 0 Å². The second-order valence-corrected chi connectivity index (χ2v) is 10.9. The number of aromatic nitrogens is 2. The van der Waals surface area contributed by atoms with Gasteiger partial charge in [-0.25, -0.2) is 4.68 Å². The number of anilines is 1. The van der Waals surface area contributed by atoms with Gasteiger partial charge in [0.2, 0.25) is 11.8 Å². The summed E-state index contributed by atoms with van der Waals surface area (Å²) in [5.74, 6) is 1.12. The van der Waals surface area contributed by atoms with Gasteiger partial charge in [-0.2, -0.15) is 5.10 Å². The number of benzene rings is 3.